The lowest BCUT2D eigenvalue weighted by Crippen LogP contribution is -2.26. The number of hydrogen-bond acceptors (Lipinski definition) is 4. The van der Waals surface area contributed by atoms with E-state index in [1.165, 1.54) is 12.5 Å². The number of sulfonamides is 1. The van der Waals surface area contributed by atoms with Gasteiger partial charge in [0.05, 0.1) is 17.2 Å². The molecule has 0 aliphatic rings. The van der Waals surface area contributed by atoms with Crippen molar-refractivity contribution in [1.29, 1.82) is 0 Å². The van der Waals surface area contributed by atoms with E-state index < -0.39 is 16.1 Å². The molecule has 20 heavy (non-hydrogen) atoms. The molecule has 0 amide bonds. The minimum absolute atomic E-state index is 0.226. The minimum Gasteiger partial charge on any atom is -0.468 e. The van der Waals surface area contributed by atoms with Crippen LogP contribution < -0.4 is 10.0 Å². The van der Waals surface area contributed by atoms with Gasteiger partial charge < -0.3 is 14.7 Å². The minimum atomic E-state index is -3.56. The zero-order chi connectivity index (χ0) is 14.6. The van der Waals surface area contributed by atoms with Gasteiger partial charge in [0.2, 0.25) is 10.0 Å². The Morgan fingerprint density at radius 3 is 2.90 bits per heavy atom. The monoisotopic (exact) mass is 297 g/mol. The SMILES string of the molecule is CCNCc1cc(S(=O)(=O)NC(C)c2ccco2)c[nH]1. The number of hydrogen-bond donors (Lipinski definition) is 3. The van der Waals surface area contributed by atoms with Crippen molar-refractivity contribution in [3.63, 3.8) is 0 Å². The van der Waals surface area contributed by atoms with Gasteiger partial charge in [0, 0.05) is 18.4 Å². The van der Waals surface area contributed by atoms with Crippen LogP contribution in [0.15, 0.2) is 40.0 Å². The molecule has 0 saturated heterocycles. The van der Waals surface area contributed by atoms with Crippen LogP contribution in [0.4, 0.5) is 0 Å². The first-order valence-electron chi connectivity index (χ1n) is 6.46. The molecule has 3 N–H and O–H groups in total. The van der Waals surface area contributed by atoms with Gasteiger partial charge in [-0.25, -0.2) is 13.1 Å². The largest absolute Gasteiger partial charge is 0.468 e. The van der Waals surface area contributed by atoms with Gasteiger partial charge in [-0.3, -0.25) is 0 Å². The summed E-state index contributed by atoms with van der Waals surface area (Å²) in [5.74, 6) is 0.581. The molecule has 110 valence electrons. The number of nitrogens with one attached hydrogen (secondary N) is 3. The van der Waals surface area contributed by atoms with Gasteiger partial charge in [-0.2, -0.15) is 0 Å². The molecule has 0 fully saturated rings. The summed E-state index contributed by atoms with van der Waals surface area (Å²) in [5, 5.41) is 3.13. The van der Waals surface area contributed by atoms with E-state index >= 15 is 0 Å². The van der Waals surface area contributed by atoms with Crippen LogP contribution in [0.2, 0.25) is 0 Å². The molecule has 7 heteroatoms. The number of aromatic amines is 1. The highest BCUT2D eigenvalue weighted by molar-refractivity contribution is 7.89. The molecule has 2 rings (SSSR count). The Labute approximate surface area is 118 Å². The Hall–Kier alpha value is -1.57. The van der Waals surface area contributed by atoms with Crippen LogP contribution in [-0.4, -0.2) is 19.9 Å². The van der Waals surface area contributed by atoms with Gasteiger partial charge in [-0.05, 0) is 31.7 Å². The van der Waals surface area contributed by atoms with Crippen LogP contribution in [0.5, 0.6) is 0 Å². The summed E-state index contributed by atoms with van der Waals surface area (Å²) in [6.45, 7) is 5.17. The van der Waals surface area contributed by atoms with Crippen molar-refractivity contribution in [3.05, 3.63) is 42.1 Å². The Bertz CT molecular complexity index is 632. The average molecular weight is 297 g/mol. The fourth-order valence-electron chi connectivity index (χ4n) is 1.83. The number of furan rings is 1. The summed E-state index contributed by atoms with van der Waals surface area (Å²) in [6, 6.07) is 4.67. The second kappa shape index (κ2) is 6.25. The number of aromatic nitrogens is 1. The van der Waals surface area contributed by atoms with Crippen molar-refractivity contribution in [2.75, 3.05) is 6.54 Å². The quantitative estimate of drug-likeness (QED) is 0.726. The summed E-state index contributed by atoms with van der Waals surface area (Å²) >= 11 is 0. The van der Waals surface area contributed by atoms with E-state index in [1.807, 2.05) is 6.92 Å². The van der Waals surface area contributed by atoms with Crippen LogP contribution in [-0.2, 0) is 16.6 Å². The third kappa shape index (κ3) is 3.50. The highest BCUT2D eigenvalue weighted by atomic mass is 32.2. The maximum absolute atomic E-state index is 12.2. The molecule has 0 aliphatic heterocycles. The lowest BCUT2D eigenvalue weighted by molar-refractivity contribution is 0.459. The first-order valence-corrected chi connectivity index (χ1v) is 7.95. The number of H-pyrrole nitrogens is 1. The smallest absolute Gasteiger partial charge is 0.242 e. The van der Waals surface area contributed by atoms with Crippen LogP contribution in [0, 0.1) is 0 Å². The van der Waals surface area contributed by atoms with E-state index in [1.54, 1.807) is 25.1 Å². The molecule has 2 aromatic rings. The molecular formula is C13H19N3O3S. The van der Waals surface area contributed by atoms with Gasteiger partial charge >= 0.3 is 0 Å². The van der Waals surface area contributed by atoms with Gasteiger partial charge in [0.25, 0.3) is 0 Å². The van der Waals surface area contributed by atoms with E-state index in [0.29, 0.717) is 12.3 Å². The van der Waals surface area contributed by atoms with E-state index in [9.17, 15) is 8.42 Å². The molecule has 0 saturated carbocycles. The summed E-state index contributed by atoms with van der Waals surface area (Å²) in [6.07, 6.45) is 3.01. The van der Waals surface area contributed by atoms with Crippen LogP contribution in [0.1, 0.15) is 31.3 Å². The van der Waals surface area contributed by atoms with Crippen molar-refractivity contribution in [2.24, 2.45) is 0 Å². The van der Waals surface area contributed by atoms with E-state index in [4.69, 9.17) is 4.42 Å². The molecule has 0 radical (unpaired) electrons. The molecule has 1 atom stereocenters. The molecule has 0 aliphatic carbocycles. The molecule has 0 aromatic carbocycles. The zero-order valence-corrected chi connectivity index (χ0v) is 12.3. The lowest BCUT2D eigenvalue weighted by atomic mass is 10.3. The normalized spacial score (nSPS) is 13.5. The second-order valence-electron chi connectivity index (χ2n) is 4.50. The van der Waals surface area contributed by atoms with E-state index in [2.05, 4.69) is 15.0 Å². The highest BCUT2D eigenvalue weighted by Crippen LogP contribution is 2.17. The summed E-state index contributed by atoms with van der Waals surface area (Å²) in [7, 11) is -3.56. The predicted octanol–water partition coefficient (Wildman–Crippen LogP) is 1.76. The van der Waals surface area contributed by atoms with E-state index in [0.717, 1.165) is 12.2 Å². The van der Waals surface area contributed by atoms with Crippen molar-refractivity contribution < 1.29 is 12.8 Å². The maximum atomic E-state index is 12.2. The van der Waals surface area contributed by atoms with Crippen LogP contribution in [0.25, 0.3) is 0 Å². The molecule has 2 aromatic heterocycles. The summed E-state index contributed by atoms with van der Waals surface area (Å²) in [4.78, 5) is 3.18. The molecule has 1 unspecified atom stereocenters. The Balaban J connectivity index is 2.08. The van der Waals surface area contributed by atoms with Gasteiger partial charge in [-0.15, -0.1) is 0 Å². The molecule has 2 heterocycles. The Kier molecular flexibility index (Phi) is 4.64. The maximum Gasteiger partial charge on any atom is 0.242 e. The number of rotatable bonds is 7. The second-order valence-corrected chi connectivity index (χ2v) is 6.21. The van der Waals surface area contributed by atoms with Gasteiger partial charge in [0.15, 0.2) is 0 Å². The standard InChI is InChI=1S/C13H19N3O3S/c1-3-14-8-11-7-12(9-15-11)20(17,18)16-10(2)13-5-4-6-19-13/h4-7,9-10,14-16H,3,8H2,1-2H3. The average Bonchev–Trinajstić information content (AvgIpc) is 3.07. The first kappa shape index (κ1) is 14.8. The molecule has 6 nitrogen and oxygen atoms in total. The Morgan fingerprint density at radius 2 is 2.25 bits per heavy atom. The van der Waals surface area contributed by atoms with Crippen LogP contribution in [0.3, 0.4) is 0 Å². The molecule has 0 bridgehead atoms. The third-order valence-corrected chi connectivity index (χ3v) is 4.41. The summed E-state index contributed by atoms with van der Waals surface area (Å²) in [5.41, 5.74) is 0.831. The van der Waals surface area contributed by atoms with Crippen molar-refractivity contribution in [1.82, 2.24) is 15.0 Å². The predicted molar refractivity (Wildman–Crippen MR) is 75.6 cm³/mol. The topological polar surface area (TPSA) is 87.1 Å². The fraction of sp³-hybridized carbons (Fsp3) is 0.385. The highest BCUT2D eigenvalue weighted by Gasteiger charge is 2.20. The van der Waals surface area contributed by atoms with E-state index in [-0.39, 0.29) is 4.90 Å². The Morgan fingerprint density at radius 1 is 1.45 bits per heavy atom. The molecule has 0 spiro atoms. The van der Waals surface area contributed by atoms with Crippen LogP contribution >= 0.6 is 0 Å². The summed E-state index contributed by atoms with van der Waals surface area (Å²) < 4.78 is 32.2. The van der Waals surface area contributed by atoms with Gasteiger partial charge in [0.1, 0.15) is 5.76 Å². The first-order chi connectivity index (χ1) is 9.53. The lowest BCUT2D eigenvalue weighted by Gasteiger charge is -2.10. The van der Waals surface area contributed by atoms with Crippen molar-refractivity contribution >= 4 is 10.0 Å². The van der Waals surface area contributed by atoms with Gasteiger partial charge in [-0.1, -0.05) is 6.92 Å². The van der Waals surface area contributed by atoms with Crippen molar-refractivity contribution in [3.8, 4) is 0 Å². The zero-order valence-electron chi connectivity index (χ0n) is 11.5. The molecular weight excluding hydrogens is 278 g/mol. The fourth-order valence-corrected chi connectivity index (χ4v) is 3.06. The third-order valence-electron chi connectivity index (χ3n) is 2.89. The van der Waals surface area contributed by atoms with Crippen molar-refractivity contribution in [2.45, 2.75) is 31.3 Å².